The SMILES string of the molecule is CC1CC(N[C@@H](C)c2cccnc2)CC(C)O1. The van der Waals surface area contributed by atoms with Crippen molar-refractivity contribution < 1.29 is 4.74 Å². The van der Waals surface area contributed by atoms with E-state index in [9.17, 15) is 0 Å². The van der Waals surface area contributed by atoms with Crippen LogP contribution in [0.2, 0.25) is 0 Å². The summed E-state index contributed by atoms with van der Waals surface area (Å²) in [4.78, 5) is 4.16. The molecule has 1 aliphatic rings. The Balaban J connectivity index is 1.92. The highest BCUT2D eigenvalue weighted by Crippen LogP contribution is 2.22. The topological polar surface area (TPSA) is 34.2 Å². The zero-order valence-corrected chi connectivity index (χ0v) is 10.9. The van der Waals surface area contributed by atoms with E-state index in [4.69, 9.17) is 4.74 Å². The Morgan fingerprint density at radius 2 is 2.06 bits per heavy atom. The molecule has 1 fully saturated rings. The summed E-state index contributed by atoms with van der Waals surface area (Å²) >= 11 is 0. The molecule has 1 N–H and O–H groups in total. The van der Waals surface area contributed by atoms with Gasteiger partial charge < -0.3 is 10.1 Å². The molecule has 0 spiro atoms. The molecule has 0 aromatic carbocycles. The molecule has 3 heteroatoms. The Bertz CT molecular complexity index is 331. The second kappa shape index (κ2) is 5.61. The van der Waals surface area contributed by atoms with Crippen LogP contribution in [0.1, 0.15) is 45.2 Å². The molecule has 0 aliphatic carbocycles. The van der Waals surface area contributed by atoms with Gasteiger partial charge in [0.15, 0.2) is 0 Å². The predicted molar refractivity (Wildman–Crippen MR) is 68.8 cm³/mol. The van der Waals surface area contributed by atoms with Gasteiger partial charge in [-0.3, -0.25) is 4.98 Å². The van der Waals surface area contributed by atoms with Crippen molar-refractivity contribution in [3.05, 3.63) is 30.1 Å². The normalized spacial score (nSPS) is 31.1. The van der Waals surface area contributed by atoms with Gasteiger partial charge in [-0.15, -0.1) is 0 Å². The molecule has 3 atom stereocenters. The van der Waals surface area contributed by atoms with Gasteiger partial charge in [0.2, 0.25) is 0 Å². The summed E-state index contributed by atoms with van der Waals surface area (Å²) < 4.78 is 5.75. The largest absolute Gasteiger partial charge is 0.375 e. The molecule has 0 radical (unpaired) electrons. The van der Waals surface area contributed by atoms with Crippen LogP contribution in [0.3, 0.4) is 0 Å². The lowest BCUT2D eigenvalue weighted by Crippen LogP contribution is -2.42. The van der Waals surface area contributed by atoms with Gasteiger partial charge in [-0.1, -0.05) is 6.07 Å². The molecule has 17 heavy (non-hydrogen) atoms. The van der Waals surface area contributed by atoms with Gasteiger partial charge in [0.1, 0.15) is 0 Å². The lowest BCUT2D eigenvalue weighted by Gasteiger charge is -2.34. The molecule has 1 saturated heterocycles. The van der Waals surface area contributed by atoms with Crippen molar-refractivity contribution in [2.45, 2.75) is 57.9 Å². The highest BCUT2D eigenvalue weighted by molar-refractivity contribution is 5.13. The van der Waals surface area contributed by atoms with Gasteiger partial charge in [-0.25, -0.2) is 0 Å². The second-order valence-electron chi connectivity index (χ2n) is 5.10. The van der Waals surface area contributed by atoms with Crippen LogP contribution < -0.4 is 5.32 Å². The Hall–Kier alpha value is -0.930. The summed E-state index contributed by atoms with van der Waals surface area (Å²) in [5, 5.41) is 3.68. The Morgan fingerprint density at radius 1 is 1.35 bits per heavy atom. The van der Waals surface area contributed by atoms with Crippen molar-refractivity contribution >= 4 is 0 Å². The molecule has 2 heterocycles. The first kappa shape index (κ1) is 12.5. The quantitative estimate of drug-likeness (QED) is 0.873. The maximum Gasteiger partial charge on any atom is 0.0565 e. The maximum atomic E-state index is 5.75. The van der Waals surface area contributed by atoms with Crippen LogP contribution in [0.25, 0.3) is 0 Å². The van der Waals surface area contributed by atoms with Crippen LogP contribution in [0.15, 0.2) is 24.5 Å². The molecule has 94 valence electrons. The zero-order valence-electron chi connectivity index (χ0n) is 10.9. The lowest BCUT2D eigenvalue weighted by atomic mass is 9.98. The van der Waals surface area contributed by atoms with Gasteiger partial charge in [0, 0.05) is 24.5 Å². The maximum absolute atomic E-state index is 5.75. The number of rotatable bonds is 3. The fourth-order valence-electron chi connectivity index (χ4n) is 2.62. The van der Waals surface area contributed by atoms with Crippen molar-refractivity contribution in [1.82, 2.24) is 10.3 Å². The average molecular weight is 234 g/mol. The molecule has 3 nitrogen and oxygen atoms in total. The number of nitrogens with one attached hydrogen (secondary N) is 1. The Labute approximate surface area is 104 Å². The number of hydrogen-bond acceptors (Lipinski definition) is 3. The second-order valence-corrected chi connectivity index (χ2v) is 5.10. The molecule has 2 unspecified atom stereocenters. The third-order valence-electron chi connectivity index (χ3n) is 3.37. The van der Waals surface area contributed by atoms with Crippen LogP contribution >= 0.6 is 0 Å². The van der Waals surface area contributed by atoms with Crippen LogP contribution in [0, 0.1) is 0 Å². The van der Waals surface area contributed by atoms with Crippen LogP contribution in [-0.4, -0.2) is 23.2 Å². The van der Waals surface area contributed by atoms with E-state index in [1.807, 2.05) is 18.5 Å². The van der Waals surface area contributed by atoms with E-state index < -0.39 is 0 Å². The first-order chi connectivity index (χ1) is 8.15. The van der Waals surface area contributed by atoms with E-state index in [0.717, 1.165) is 12.8 Å². The molecule has 2 rings (SSSR count). The van der Waals surface area contributed by atoms with Gasteiger partial charge in [-0.2, -0.15) is 0 Å². The van der Waals surface area contributed by atoms with Crippen LogP contribution in [0.4, 0.5) is 0 Å². The van der Waals surface area contributed by atoms with Crippen molar-refractivity contribution in [3.8, 4) is 0 Å². The minimum atomic E-state index is 0.353. The third kappa shape index (κ3) is 3.51. The molecule has 1 aromatic heterocycles. The zero-order chi connectivity index (χ0) is 12.3. The van der Waals surface area contributed by atoms with E-state index in [1.54, 1.807) is 0 Å². The number of pyridine rings is 1. The Morgan fingerprint density at radius 3 is 2.65 bits per heavy atom. The van der Waals surface area contributed by atoms with Crippen LogP contribution in [0.5, 0.6) is 0 Å². The van der Waals surface area contributed by atoms with E-state index in [2.05, 4.69) is 37.1 Å². The monoisotopic (exact) mass is 234 g/mol. The van der Waals surface area contributed by atoms with Crippen molar-refractivity contribution in [1.29, 1.82) is 0 Å². The van der Waals surface area contributed by atoms with Crippen molar-refractivity contribution in [2.75, 3.05) is 0 Å². The first-order valence-corrected chi connectivity index (χ1v) is 6.46. The summed E-state index contributed by atoms with van der Waals surface area (Å²) in [6, 6.07) is 5.01. The Kier molecular flexibility index (Phi) is 4.13. The summed E-state index contributed by atoms with van der Waals surface area (Å²) in [6.07, 6.45) is 6.65. The smallest absolute Gasteiger partial charge is 0.0565 e. The van der Waals surface area contributed by atoms with Crippen LogP contribution in [-0.2, 0) is 4.74 Å². The van der Waals surface area contributed by atoms with Crippen molar-refractivity contribution in [3.63, 3.8) is 0 Å². The minimum Gasteiger partial charge on any atom is -0.375 e. The van der Waals surface area contributed by atoms with E-state index in [1.165, 1.54) is 5.56 Å². The molecular formula is C14H22N2O. The summed E-state index contributed by atoms with van der Waals surface area (Å²) in [6.45, 7) is 6.50. The predicted octanol–water partition coefficient (Wildman–Crippen LogP) is 2.69. The number of ether oxygens (including phenoxy) is 1. The number of nitrogens with zero attached hydrogens (tertiary/aromatic N) is 1. The molecule has 0 saturated carbocycles. The molecule has 1 aromatic rings. The summed E-state index contributed by atoms with van der Waals surface area (Å²) in [5.41, 5.74) is 1.25. The average Bonchev–Trinajstić information content (AvgIpc) is 2.28. The molecule has 1 aliphatic heterocycles. The van der Waals surface area contributed by atoms with Gasteiger partial charge in [-0.05, 0) is 45.2 Å². The summed E-state index contributed by atoms with van der Waals surface area (Å²) in [7, 11) is 0. The lowest BCUT2D eigenvalue weighted by molar-refractivity contribution is -0.0433. The number of aromatic nitrogens is 1. The highest BCUT2D eigenvalue weighted by atomic mass is 16.5. The molecule has 0 amide bonds. The van der Waals surface area contributed by atoms with E-state index in [0.29, 0.717) is 24.3 Å². The number of hydrogen-bond donors (Lipinski definition) is 1. The first-order valence-electron chi connectivity index (χ1n) is 6.46. The van der Waals surface area contributed by atoms with Gasteiger partial charge in [0.25, 0.3) is 0 Å². The van der Waals surface area contributed by atoms with Gasteiger partial charge in [0.05, 0.1) is 12.2 Å². The standard InChI is InChI=1S/C14H22N2O/c1-10-7-14(8-11(2)17-10)16-12(3)13-5-4-6-15-9-13/h4-6,9-12,14,16H,7-8H2,1-3H3/t10?,11?,12-,14?/m0/s1. The van der Waals surface area contributed by atoms with E-state index in [-0.39, 0.29) is 0 Å². The molecular weight excluding hydrogens is 212 g/mol. The fourth-order valence-corrected chi connectivity index (χ4v) is 2.62. The van der Waals surface area contributed by atoms with Crippen molar-refractivity contribution in [2.24, 2.45) is 0 Å². The van der Waals surface area contributed by atoms with Gasteiger partial charge >= 0.3 is 0 Å². The fraction of sp³-hybridized carbons (Fsp3) is 0.643. The minimum absolute atomic E-state index is 0.353. The summed E-state index contributed by atoms with van der Waals surface area (Å²) in [5.74, 6) is 0. The third-order valence-corrected chi connectivity index (χ3v) is 3.37. The van der Waals surface area contributed by atoms with E-state index >= 15 is 0 Å². The molecule has 0 bridgehead atoms. The highest BCUT2D eigenvalue weighted by Gasteiger charge is 2.25.